The molecule has 1 heterocycles. The first-order chi connectivity index (χ1) is 10.9. The molecule has 0 radical (unpaired) electrons. The van der Waals surface area contributed by atoms with Gasteiger partial charge in [-0.2, -0.15) is 4.31 Å². The minimum atomic E-state index is -3.47. The maximum atomic E-state index is 12.8. The van der Waals surface area contributed by atoms with Crippen LogP contribution >= 0.6 is 0 Å². The molecular weight excluding hydrogens is 310 g/mol. The van der Waals surface area contributed by atoms with Crippen LogP contribution < -0.4 is 0 Å². The van der Waals surface area contributed by atoms with Gasteiger partial charge in [-0.25, -0.2) is 8.42 Å². The van der Waals surface area contributed by atoms with E-state index in [1.54, 1.807) is 12.1 Å². The Morgan fingerprint density at radius 1 is 1.22 bits per heavy atom. The lowest BCUT2D eigenvalue weighted by Crippen LogP contribution is -2.29. The van der Waals surface area contributed by atoms with E-state index in [1.807, 2.05) is 19.1 Å². The van der Waals surface area contributed by atoms with E-state index in [4.69, 9.17) is 0 Å². The molecule has 1 atom stereocenters. The summed E-state index contributed by atoms with van der Waals surface area (Å²) in [6, 6.07) is 6.96. The molecule has 1 aromatic rings. The standard InChI is InChI=1S/C18H23NO3S/c1-3-4-5-16-17-12-19(11-14(17)10-18(16)20)23(21,22)15-8-6-13(2)7-9-15/h6-9,14H,3-5,10-12H2,1-2H3. The summed E-state index contributed by atoms with van der Waals surface area (Å²) in [5.74, 6) is 0.320. The molecule has 1 aromatic carbocycles. The van der Waals surface area contributed by atoms with Crippen molar-refractivity contribution in [1.82, 2.24) is 4.31 Å². The lowest BCUT2D eigenvalue weighted by atomic mass is 10.0. The average molecular weight is 333 g/mol. The lowest BCUT2D eigenvalue weighted by molar-refractivity contribution is -0.115. The molecule has 3 rings (SSSR count). The number of hydrogen-bond acceptors (Lipinski definition) is 3. The highest BCUT2D eigenvalue weighted by Gasteiger charge is 2.42. The first kappa shape index (κ1) is 16.4. The zero-order valence-corrected chi connectivity index (χ0v) is 14.5. The smallest absolute Gasteiger partial charge is 0.243 e. The Hall–Kier alpha value is -1.46. The molecule has 1 fully saturated rings. The van der Waals surface area contributed by atoms with E-state index in [2.05, 4.69) is 6.92 Å². The number of ketones is 1. The van der Waals surface area contributed by atoms with Crippen LogP contribution in [0, 0.1) is 12.8 Å². The number of carbonyl (C=O) groups excluding carboxylic acids is 1. The lowest BCUT2D eigenvalue weighted by Gasteiger charge is -2.17. The molecule has 4 nitrogen and oxygen atoms in total. The second-order valence-corrected chi connectivity index (χ2v) is 8.48. The van der Waals surface area contributed by atoms with Gasteiger partial charge in [0.05, 0.1) is 4.90 Å². The van der Waals surface area contributed by atoms with Gasteiger partial charge in [-0.15, -0.1) is 0 Å². The van der Waals surface area contributed by atoms with E-state index in [1.165, 1.54) is 4.31 Å². The van der Waals surface area contributed by atoms with Crippen LogP contribution in [0.4, 0.5) is 0 Å². The van der Waals surface area contributed by atoms with Crippen LogP contribution in [0.25, 0.3) is 0 Å². The van der Waals surface area contributed by atoms with Gasteiger partial charge in [0.1, 0.15) is 0 Å². The van der Waals surface area contributed by atoms with E-state index in [-0.39, 0.29) is 11.7 Å². The predicted octanol–water partition coefficient (Wildman–Crippen LogP) is 3.08. The van der Waals surface area contributed by atoms with Gasteiger partial charge in [0.15, 0.2) is 5.78 Å². The molecule has 0 spiro atoms. The molecular formula is C18H23NO3S. The van der Waals surface area contributed by atoms with Gasteiger partial charge in [0.2, 0.25) is 10.0 Å². The summed E-state index contributed by atoms with van der Waals surface area (Å²) in [6.45, 7) is 4.86. The molecule has 1 unspecified atom stereocenters. The Balaban J connectivity index is 1.86. The third-order valence-corrected chi connectivity index (χ3v) is 6.68. The second kappa shape index (κ2) is 6.21. The van der Waals surface area contributed by atoms with Crippen LogP contribution in [0.5, 0.6) is 0 Å². The Kier molecular flexibility index (Phi) is 4.43. The fraction of sp³-hybridized carbons (Fsp3) is 0.500. The summed E-state index contributed by atoms with van der Waals surface area (Å²) in [4.78, 5) is 12.5. The number of sulfonamides is 1. The van der Waals surface area contributed by atoms with Gasteiger partial charge in [0.25, 0.3) is 0 Å². The highest BCUT2D eigenvalue weighted by atomic mass is 32.2. The van der Waals surface area contributed by atoms with Gasteiger partial charge in [0, 0.05) is 25.4 Å². The second-order valence-electron chi connectivity index (χ2n) is 6.54. The van der Waals surface area contributed by atoms with Crippen molar-refractivity contribution >= 4 is 15.8 Å². The summed E-state index contributed by atoms with van der Waals surface area (Å²) < 4.78 is 27.1. The van der Waals surface area contributed by atoms with E-state index in [0.29, 0.717) is 24.4 Å². The van der Waals surface area contributed by atoms with Crippen molar-refractivity contribution in [3.8, 4) is 0 Å². The monoisotopic (exact) mass is 333 g/mol. The average Bonchev–Trinajstić information content (AvgIpc) is 3.04. The molecule has 0 aromatic heterocycles. The van der Waals surface area contributed by atoms with Crippen LogP contribution in [0.15, 0.2) is 40.3 Å². The first-order valence-corrected chi connectivity index (χ1v) is 9.69. The summed E-state index contributed by atoms with van der Waals surface area (Å²) >= 11 is 0. The number of rotatable bonds is 5. The van der Waals surface area contributed by atoms with Crippen molar-refractivity contribution in [3.63, 3.8) is 0 Å². The van der Waals surface area contributed by atoms with Crippen LogP contribution in [0.2, 0.25) is 0 Å². The van der Waals surface area contributed by atoms with Gasteiger partial charge in [-0.05, 0) is 43.0 Å². The summed E-state index contributed by atoms with van der Waals surface area (Å²) in [6.07, 6.45) is 3.30. The Bertz CT molecular complexity index is 747. The van der Waals surface area contributed by atoms with Crippen LogP contribution in [-0.4, -0.2) is 31.6 Å². The van der Waals surface area contributed by atoms with Crippen molar-refractivity contribution in [2.24, 2.45) is 5.92 Å². The Morgan fingerprint density at radius 2 is 1.91 bits per heavy atom. The van der Waals surface area contributed by atoms with Crippen molar-refractivity contribution in [2.75, 3.05) is 13.1 Å². The number of hydrogen-bond donors (Lipinski definition) is 0. The number of carbonyl (C=O) groups is 1. The van der Waals surface area contributed by atoms with Crippen LogP contribution in [0.3, 0.4) is 0 Å². The molecule has 1 aliphatic heterocycles. The van der Waals surface area contributed by atoms with Gasteiger partial charge < -0.3 is 0 Å². The number of allylic oxidation sites excluding steroid dienone is 1. The zero-order chi connectivity index (χ0) is 16.6. The SMILES string of the molecule is CCCCC1=C2CN(S(=O)(=O)c3ccc(C)cc3)CC2CC1=O. The fourth-order valence-corrected chi connectivity index (χ4v) is 4.95. The quantitative estimate of drug-likeness (QED) is 0.832. The number of benzene rings is 1. The third-order valence-electron chi connectivity index (χ3n) is 4.86. The molecule has 0 bridgehead atoms. The molecule has 1 aliphatic carbocycles. The fourth-order valence-electron chi connectivity index (χ4n) is 3.49. The van der Waals surface area contributed by atoms with Crippen molar-refractivity contribution < 1.29 is 13.2 Å². The highest BCUT2D eigenvalue weighted by molar-refractivity contribution is 7.89. The maximum Gasteiger partial charge on any atom is 0.243 e. The summed E-state index contributed by atoms with van der Waals surface area (Å²) in [5, 5.41) is 0. The molecule has 124 valence electrons. The van der Waals surface area contributed by atoms with Crippen molar-refractivity contribution in [2.45, 2.75) is 44.4 Å². The number of nitrogens with zero attached hydrogens (tertiary/aromatic N) is 1. The minimum Gasteiger partial charge on any atom is -0.295 e. The van der Waals surface area contributed by atoms with Gasteiger partial charge >= 0.3 is 0 Å². The predicted molar refractivity (Wildman–Crippen MR) is 89.6 cm³/mol. The molecule has 23 heavy (non-hydrogen) atoms. The Morgan fingerprint density at radius 3 is 2.57 bits per heavy atom. The maximum absolute atomic E-state index is 12.8. The summed E-state index contributed by atoms with van der Waals surface area (Å²) in [5.41, 5.74) is 3.01. The highest BCUT2D eigenvalue weighted by Crippen LogP contribution is 2.39. The van der Waals surface area contributed by atoms with Crippen LogP contribution in [0.1, 0.15) is 38.2 Å². The van der Waals surface area contributed by atoms with E-state index < -0.39 is 10.0 Å². The van der Waals surface area contributed by atoms with Gasteiger partial charge in [-0.1, -0.05) is 31.0 Å². The molecule has 2 aliphatic rings. The zero-order valence-electron chi connectivity index (χ0n) is 13.7. The Labute approximate surface area is 138 Å². The van der Waals surface area contributed by atoms with E-state index >= 15 is 0 Å². The summed E-state index contributed by atoms with van der Waals surface area (Å²) in [7, 11) is -3.47. The van der Waals surface area contributed by atoms with Crippen LogP contribution in [-0.2, 0) is 14.8 Å². The van der Waals surface area contributed by atoms with E-state index in [9.17, 15) is 13.2 Å². The minimum absolute atomic E-state index is 0.0922. The molecule has 0 amide bonds. The largest absolute Gasteiger partial charge is 0.295 e. The first-order valence-electron chi connectivity index (χ1n) is 8.25. The normalized spacial score (nSPS) is 22.0. The van der Waals surface area contributed by atoms with Crippen molar-refractivity contribution in [3.05, 3.63) is 41.0 Å². The number of unbranched alkanes of at least 4 members (excludes halogenated alkanes) is 1. The van der Waals surface area contributed by atoms with E-state index in [0.717, 1.165) is 36.0 Å². The number of Topliss-reactive ketones (excluding diaryl/α,β-unsaturated/α-hetero) is 1. The molecule has 0 N–H and O–H groups in total. The van der Waals surface area contributed by atoms with Gasteiger partial charge in [-0.3, -0.25) is 4.79 Å². The molecule has 5 heteroatoms. The number of fused-ring (bicyclic) bond motifs is 1. The molecule has 0 saturated carbocycles. The third kappa shape index (κ3) is 3.00. The molecule has 1 saturated heterocycles. The topological polar surface area (TPSA) is 54.5 Å². The number of aryl methyl sites for hydroxylation is 1. The van der Waals surface area contributed by atoms with Crippen molar-refractivity contribution in [1.29, 1.82) is 0 Å².